The standard InChI is InChI=1S/C65H118O5/c1-3-5-7-9-11-13-15-17-19-21-23-24-25-26-27-28-29-30-31-32-33-34-35-36-37-38-39-40-42-44-46-48-50-52-54-56-58-60-65(68)70-63(61-66)62-69-64(67)59-57-55-53-51-49-47-45-43-41-22-20-18-16-14-12-10-8-6-4-2/h12,14-15,17-18,20-21,23,25-26,63,66H,3-11,13,16,19,22,24,27-62H2,1-2H3/b14-12-,17-15-,20-18-,23-21-,26-25-. The summed E-state index contributed by atoms with van der Waals surface area (Å²) >= 11 is 0. The lowest BCUT2D eigenvalue weighted by Crippen LogP contribution is -2.28. The first-order valence-corrected chi connectivity index (χ1v) is 30.8. The van der Waals surface area contributed by atoms with Crippen LogP contribution < -0.4 is 0 Å². The van der Waals surface area contributed by atoms with Crippen molar-refractivity contribution < 1.29 is 24.2 Å². The van der Waals surface area contributed by atoms with Gasteiger partial charge in [-0.2, -0.15) is 0 Å². The molecule has 0 aromatic carbocycles. The quantitative estimate of drug-likeness (QED) is 0.0373. The molecule has 70 heavy (non-hydrogen) atoms. The zero-order chi connectivity index (χ0) is 50.6. The molecule has 0 saturated heterocycles. The summed E-state index contributed by atoms with van der Waals surface area (Å²) in [4.78, 5) is 24.5. The maximum atomic E-state index is 12.3. The Balaban J connectivity index is 3.42. The first-order chi connectivity index (χ1) is 34.6. The summed E-state index contributed by atoms with van der Waals surface area (Å²) in [6.45, 7) is 4.13. The summed E-state index contributed by atoms with van der Waals surface area (Å²) in [5.41, 5.74) is 0. The normalized spacial score (nSPS) is 12.6. The minimum absolute atomic E-state index is 0.0656. The van der Waals surface area contributed by atoms with Gasteiger partial charge in [-0.05, 0) is 83.5 Å². The molecule has 0 heterocycles. The van der Waals surface area contributed by atoms with Gasteiger partial charge in [0.25, 0.3) is 0 Å². The number of esters is 2. The molecule has 0 amide bonds. The highest BCUT2D eigenvalue weighted by atomic mass is 16.6. The second-order valence-electron chi connectivity index (χ2n) is 20.8. The topological polar surface area (TPSA) is 72.8 Å². The predicted molar refractivity (Wildman–Crippen MR) is 307 cm³/mol. The number of rotatable bonds is 57. The molecule has 0 aromatic rings. The number of hydrogen-bond acceptors (Lipinski definition) is 5. The lowest BCUT2D eigenvalue weighted by atomic mass is 10.0. The van der Waals surface area contributed by atoms with Crippen LogP contribution in [0.4, 0.5) is 0 Å². The molecule has 408 valence electrons. The van der Waals surface area contributed by atoms with Crippen molar-refractivity contribution in [3.8, 4) is 0 Å². The molecule has 1 atom stereocenters. The van der Waals surface area contributed by atoms with Gasteiger partial charge in [0.15, 0.2) is 6.10 Å². The van der Waals surface area contributed by atoms with E-state index in [2.05, 4.69) is 74.6 Å². The minimum atomic E-state index is -0.774. The van der Waals surface area contributed by atoms with Crippen LogP contribution in [-0.4, -0.2) is 36.4 Å². The highest BCUT2D eigenvalue weighted by Gasteiger charge is 2.16. The van der Waals surface area contributed by atoms with E-state index in [0.29, 0.717) is 12.8 Å². The van der Waals surface area contributed by atoms with Gasteiger partial charge in [0, 0.05) is 12.8 Å². The van der Waals surface area contributed by atoms with Crippen LogP contribution in [0.3, 0.4) is 0 Å². The van der Waals surface area contributed by atoms with E-state index in [9.17, 15) is 14.7 Å². The smallest absolute Gasteiger partial charge is 0.306 e. The molecule has 0 aliphatic rings. The lowest BCUT2D eigenvalue weighted by molar-refractivity contribution is -0.161. The SMILES string of the molecule is CCCCC/C=C\C/C=C\CCCCCCCCCCCC(=O)OCC(CO)OC(=O)CCCCCCCCCCCCCCCCCCCCCCCC/C=C\C/C=C\C/C=C\CCCCCCC. The Labute approximate surface area is 436 Å². The Bertz CT molecular complexity index is 1200. The number of hydrogen-bond donors (Lipinski definition) is 1. The largest absolute Gasteiger partial charge is 0.462 e. The molecule has 1 N–H and O–H groups in total. The number of ether oxygens (including phenoxy) is 2. The second kappa shape index (κ2) is 60.9. The fourth-order valence-corrected chi connectivity index (χ4v) is 9.13. The van der Waals surface area contributed by atoms with E-state index in [1.54, 1.807) is 0 Å². The highest BCUT2D eigenvalue weighted by molar-refractivity contribution is 5.70. The summed E-state index contributed by atoms with van der Waals surface area (Å²) in [6.07, 6.45) is 82.2. The highest BCUT2D eigenvalue weighted by Crippen LogP contribution is 2.17. The van der Waals surface area contributed by atoms with Crippen LogP contribution in [0, 0.1) is 0 Å². The van der Waals surface area contributed by atoms with Crippen LogP contribution in [-0.2, 0) is 19.1 Å². The van der Waals surface area contributed by atoms with E-state index in [-0.39, 0.29) is 25.2 Å². The Morgan fingerprint density at radius 2 is 0.571 bits per heavy atom. The van der Waals surface area contributed by atoms with Gasteiger partial charge in [0.1, 0.15) is 6.61 Å². The average Bonchev–Trinajstić information content (AvgIpc) is 3.36. The Morgan fingerprint density at radius 3 is 0.886 bits per heavy atom. The number of unbranched alkanes of at least 4 members (excludes halogenated alkanes) is 39. The third kappa shape index (κ3) is 58.2. The van der Waals surface area contributed by atoms with Crippen LogP contribution in [0.2, 0.25) is 0 Å². The van der Waals surface area contributed by atoms with Gasteiger partial charge in [-0.3, -0.25) is 9.59 Å². The van der Waals surface area contributed by atoms with Crippen LogP contribution in [0.1, 0.15) is 322 Å². The van der Waals surface area contributed by atoms with Crippen molar-refractivity contribution in [2.75, 3.05) is 13.2 Å². The van der Waals surface area contributed by atoms with Crippen molar-refractivity contribution >= 4 is 11.9 Å². The van der Waals surface area contributed by atoms with E-state index in [1.807, 2.05) is 0 Å². The van der Waals surface area contributed by atoms with Gasteiger partial charge < -0.3 is 14.6 Å². The average molecular weight is 980 g/mol. The first-order valence-electron chi connectivity index (χ1n) is 30.8. The molecule has 0 fully saturated rings. The third-order valence-corrected chi connectivity index (χ3v) is 13.8. The van der Waals surface area contributed by atoms with Gasteiger partial charge in [-0.25, -0.2) is 0 Å². The van der Waals surface area contributed by atoms with Crippen molar-refractivity contribution in [3.63, 3.8) is 0 Å². The van der Waals surface area contributed by atoms with Crippen LogP contribution in [0.5, 0.6) is 0 Å². The molecule has 0 aromatic heterocycles. The van der Waals surface area contributed by atoms with Gasteiger partial charge in [0.2, 0.25) is 0 Å². The lowest BCUT2D eigenvalue weighted by Gasteiger charge is -2.15. The molecule has 0 aliphatic heterocycles. The van der Waals surface area contributed by atoms with E-state index in [0.717, 1.165) is 57.8 Å². The molecule has 0 bridgehead atoms. The van der Waals surface area contributed by atoms with E-state index >= 15 is 0 Å². The number of allylic oxidation sites excluding steroid dienone is 10. The number of carbonyl (C=O) groups excluding carboxylic acids is 2. The fourth-order valence-electron chi connectivity index (χ4n) is 9.13. The Morgan fingerprint density at radius 1 is 0.329 bits per heavy atom. The zero-order valence-electron chi connectivity index (χ0n) is 46.8. The summed E-state index contributed by atoms with van der Waals surface area (Å²) in [5.74, 6) is -0.582. The number of aliphatic hydroxyl groups is 1. The molecule has 0 radical (unpaired) electrons. The van der Waals surface area contributed by atoms with Gasteiger partial charge in [-0.15, -0.1) is 0 Å². The second-order valence-corrected chi connectivity index (χ2v) is 20.8. The molecular weight excluding hydrogens is 861 g/mol. The van der Waals surface area contributed by atoms with Crippen LogP contribution in [0.15, 0.2) is 60.8 Å². The van der Waals surface area contributed by atoms with E-state index in [1.165, 1.54) is 238 Å². The fraction of sp³-hybridized carbons (Fsp3) is 0.815. The van der Waals surface area contributed by atoms with E-state index in [4.69, 9.17) is 9.47 Å². The molecule has 0 saturated carbocycles. The molecule has 0 aliphatic carbocycles. The summed E-state index contributed by atoms with van der Waals surface area (Å²) in [6, 6.07) is 0. The van der Waals surface area contributed by atoms with Gasteiger partial charge in [-0.1, -0.05) is 286 Å². The monoisotopic (exact) mass is 979 g/mol. The van der Waals surface area contributed by atoms with Gasteiger partial charge >= 0.3 is 11.9 Å². The predicted octanol–water partition coefficient (Wildman–Crippen LogP) is 21.0. The molecule has 5 heteroatoms. The van der Waals surface area contributed by atoms with Crippen molar-refractivity contribution in [1.29, 1.82) is 0 Å². The molecule has 0 rings (SSSR count). The van der Waals surface area contributed by atoms with Crippen molar-refractivity contribution in [2.24, 2.45) is 0 Å². The van der Waals surface area contributed by atoms with Crippen molar-refractivity contribution in [3.05, 3.63) is 60.8 Å². The Kier molecular flexibility index (Phi) is 58.8. The minimum Gasteiger partial charge on any atom is -0.462 e. The summed E-state index contributed by atoms with van der Waals surface area (Å²) < 4.78 is 10.7. The maximum Gasteiger partial charge on any atom is 0.306 e. The molecule has 0 spiro atoms. The maximum absolute atomic E-state index is 12.3. The number of carbonyl (C=O) groups is 2. The zero-order valence-corrected chi connectivity index (χ0v) is 46.8. The summed E-state index contributed by atoms with van der Waals surface area (Å²) in [5, 5.41) is 9.66. The first kappa shape index (κ1) is 67.6. The third-order valence-electron chi connectivity index (χ3n) is 13.8. The Hall–Kier alpha value is -2.40. The molecule has 5 nitrogen and oxygen atoms in total. The molecular formula is C65H118O5. The summed E-state index contributed by atoms with van der Waals surface area (Å²) in [7, 11) is 0. The van der Waals surface area contributed by atoms with Crippen LogP contribution >= 0.6 is 0 Å². The molecule has 1 unspecified atom stereocenters. The number of aliphatic hydroxyl groups excluding tert-OH is 1. The van der Waals surface area contributed by atoms with Crippen molar-refractivity contribution in [1.82, 2.24) is 0 Å². The van der Waals surface area contributed by atoms with Gasteiger partial charge in [0.05, 0.1) is 6.61 Å². The van der Waals surface area contributed by atoms with E-state index < -0.39 is 6.10 Å². The van der Waals surface area contributed by atoms with Crippen LogP contribution in [0.25, 0.3) is 0 Å². The van der Waals surface area contributed by atoms with Crippen molar-refractivity contribution in [2.45, 2.75) is 328 Å².